The smallest absolute Gasteiger partial charge is 0.406 e. The summed E-state index contributed by atoms with van der Waals surface area (Å²) in [5.41, 5.74) is 0.129. The molecule has 1 aromatic carbocycles. The number of rotatable bonds is 5. The number of benzene rings is 1. The molecular formula is C12H11F4NO3. The molecule has 1 saturated heterocycles. The molecule has 0 atom stereocenters. The summed E-state index contributed by atoms with van der Waals surface area (Å²) >= 11 is 0. The van der Waals surface area contributed by atoms with Gasteiger partial charge in [0.2, 0.25) is 6.41 Å². The third-order valence-electron chi connectivity index (χ3n) is 2.76. The van der Waals surface area contributed by atoms with E-state index in [-0.39, 0.29) is 18.3 Å². The molecule has 1 aliphatic heterocycles. The van der Waals surface area contributed by atoms with E-state index in [0.717, 1.165) is 6.07 Å². The van der Waals surface area contributed by atoms with Crippen LogP contribution in [0.15, 0.2) is 18.2 Å². The van der Waals surface area contributed by atoms with Crippen molar-refractivity contribution >= 4 is 6.41 Å². The zero-order chi connectivity index (χ0) is 14.8. The van der Waals surface area contributed by atoms with Crippen molar-refractivity contribution in [3.05, 3.63) is 29.6 Å². The van der Waals surface area contributed by atoms with Gasteiger partial charge in [-0.3, -0.25) is 4.79 Å². The van der Waals surface area contributed by atoms with Gasteiger partial charge in [-0.1, -0.05) is 6.07 Å². The summed E-state index contributed by atoms with van der Waals surface area (Å²) in [6.45, 7) is 0.788. The number of hydrogen-bond donors (Lipinski definition) is 0. The topological polar surface area (TPSA) is 38.8 Å². The predicted molar refractivity (Wildman–Crippen MR) is 59.3 cm³/mol. The van der Waals surface area contributed by atoms with Gasteiger partial charge in [0.15, 0.2) is 0 Å². The second-order valence-electron chi connectivity index (χ2n) is 4.29. The minimum Gasteiger partial charge on any atom is -0.406 e. The van der Waals surface area contributed by atoms with Crippen LogP contribution in [0.3, 0.4) is 0 Å². The van der Waals surface area contributed by atoms with Gasteiger partial charge in [0.05, 0.1) is 12.7 Å². The van der Waals surface area contributed by atoms with E-state index in [2.05, 4.69) is 4.74 Å². The van der Waals surface area contributed by atoms with Gasteiger partial charge >= 0.3 is 6.36 Å². The summed E-state index contributed by atoms with van der Waals surface area (Å²) in [6.07, 6.45) is -4.34. The van der Waals surface area contributed by atoms with Crippen LogP contribution in [0, 0.1) is 5.82 Å². The van der Waals surface area contributed by atoms with Gasteiger partial charge in [-0.05, 0) is 6.07 Å². The molecule has 1 heterocycles. The Hall–Kier alpha value is -1.83. The molecule has 0 unspecified atom stereocenters. The second-order valence-corrected chi connectivity index (χ2v) is 4.29. The van der Waals surface area contributed by atoms with E-state index in [0.29, 0.717) is 25.6 Å². The van der Waals surface area contributed by atoms with Crippen molar-refractivity contribution in [3.8, 4) is 5.75 Å². The van der Waals surface area contributed by atoms with Crippen LogP contribution in [0.25, 0.3) is 0 Å². The fourth-order valence-corrected chi connectivity index (χ4v) is 1.71. The van der Waals surface area contributed by atoms with Crippen molar-refractivity contribution in [3.63, 3.8) is 0 Å². The SMILES string of the molecule is O=CN1CC(OCc2ccc(OC(F)(F)F)cc2F)C1. The largest absolute Gasteiger partial charge is 0.573 e. The van der Waals surface area contributed by atoms with E-state index < -0.39 is 17.9 Å². The van der Waals surface area contributed by atoms with Crippen LogP contribution in [0.4, 0.5) is 17.6 Å². The standard InChI is InChI=1S/C12H11F4NO3/c13-11-3-9(20-12(14,15)16)2-1-8(11)6-19-10-4-17(5-10)7-18/h1-3,7,10H,4-6H2. The van der Waals surface area contributed by atoms with Crippen molar-refractivity contribution in [1.29, 1.82) is 0 Å². The van der Waals surface area contributed by atoms with E-state index in [1.165, 1.54) is 11.0 Å². The first-order valence-corrected chi connectivity index (χ1v) is 5.72. The highest BCUT2D eigenvalue weighted by Gasteiger charge is 2.31. The van der Waals surface area contributed by atoms with Crippen LogP contribution in [-0.2, 0) is 16.1 Å². The Kier molecular flexibility index (Phi) is 4.12. The van der Waals surface area contributed by atoms with Crippen LogP contribution in [-0.4, -0.2) is 36.9 Å². The van der Waals surface area contributed by atoms with Gasteiger partial charge in [0.25, 0.3) is 0 Å². The van der Waals surface area contributed by atoms with Gasteiger partial charge in [-0.25, -0.2) is 4.39 Å². The maximum Gasteiger partial charge on any atom is 0.573 e. The fraction of sp³-hybridized carbons (Fsp3) is 0.417. The number of likely N-dealkylation sites (tertiary alicyclic amines) is 1. The molecule has 2 rings (SSSR count). The molecule has 0 bridgehead atoms. The van der Waals surface area contributed by atoms with E-state index >= 15 is 0 Å². The normalized spacial score (nSPS) is 15.9. The van der Waals surface area contributed by atoms with Crippen LogP contribution in [0.2, 0.25) is 0 Å². The molecule has 1 aliphatic rings. The first-order chi connectivity index (χ1) is 9.37. The zero-order valence-corrected chi connectivity index (χ0v) is 10.2. The van der Waals surface area contributed by atoms with Crippen LogP contribution < -0.4 is 4.74 Å². The molecule has 8 heteroatoms. The average Bonchev–Trinajstić information content (AvgIpc) is 2.27. The van der Waals surface area contributed by atoms with Gasteiger partial charge in [0, 0.05) is 24.7 Å². The number of amides is 1. The summed E-state index contributed by atoms with van der Waals surface area (Å²) in [4.78, 5) is 11.8. The van der Waals surface area contributed by atoms with E-state index in [1.54, 1.807) is 0 Å². The number of nitrogens with zero attached hydrogens (tertiary/aromatic N) is 1. The molecule has 0 spiro atoms. The Morgan fingerprint density at radius 1 is 1.35 bits per heavy atom. The lowest BCUT2D eigenvalue weighted by Crippen LogP contribution is -2.51. The second kappa shape index (κ2) is 5.66. The first-order valence-electron chi connectivity index (χ1n) is 5.72. The van der Waals surface area contributed by atoms with Crippen molar-refractivity contribution in [2.75, 3.05) is 13.1 Å². The molecule has 1 aromatic rings. The van der Waals surface area contributed by atoms with E-state index in [9.17, 15) is 22.4 Å². The maximum atomic E-state index is 13.5. The highest BCUT2D eigenvalue weighted by molar-refractivity contribution is 5.48. The Bertz CT molecular complexity index is 486. The molecule has 110 valence electrons. The summed E-state index contributed by atoms with van der Waals surface area (Å²) in [6, 6.07) is 2.85. The molecular weight excluding hydrogens is 282 g/mol. The average molecular weight is 293 g/mol. The number of halogens is 4. The van der Waals surface area contributed by atoms with Crippen LogP contribution >= 0.6 is 0 Å². The summed E-state index contributed by atoms with van der Waals surface area (Å²) < 4.78 is 58.3. The lowest BCUT2D eigenvalue weighted by Gasteiger charge is -2.35. The highest BCUT2D eigenvalue weighted by Crippen LogP contribution is 2.25. The minimum atomic E-state index is -4.85. The first kappa shape index (κ1) is 14.6. The molecule has 20 heavy (non-hydrogen) atoms. The summed E-state index contributed by atoms with van der Waals surface area (Å²) in [5, 5.41) is 0. The Labute approximate surface area is 111 Å². The van der Waals surface area contributed by atoms with E-state index in [1.807, 2.05) is 0 Å². The third kappa shape index (κ3) is 3.83. The van der Waals surface area contributed by atoms with Crippen molar-refractivity contribution in [2.45, 2.75) is 19.1 Å². The fourth-order valence-electron chi connectivity index (χ4n) is 1.71. The molecule has 1 fully saturated rings. The number of alkyl halides is 3. The van der Waals surface area contributed by atoms with Crippen molar-refractivity contribution < 1.29 is 31.8 Å². The molecule has 1 amide bonds. The molecule has 0 radical (unpaired) electrons. The number of carbonyl (C=O) groups is 1. The predicted octanol–water partition coefficient (Wildman–Crippen LogP) is 2.08. The van der Waals surface area contributed by atoms with Crippen LogP contribution in [0.1, 0.15) is 5.56 Å². The van der Waals surface area contributed by atoms with E-state index in [4.69, 9.17) is 4.74 Å². The molecule has 0 aliphatic carbocycles. The quantitative estimate of drug-likeness (QED) is 0.616. The van der Waals surface area contributed by atoms with Crippen molar-refractivity contribution in [2.24, 2.45) is 0 Å². The lowest BCUT2D eigenvalue weighted by molar-refractivity contribution is -0.274. The number of carbonyl (C=O) groups excluding carboxylic acids is 1. The lowest BCUT2D eigenvalue weighted by atomic mass is 10.2. The van der Waals surface area contributed by atoms with Gasteiger partial charge in [-0.15, -0.1) is 13.2 Å². The zero-order valence-electron chi connectivity index (χ0n) is 10.2. The monoisotopic (exact) mass is 293 g/mol. The molecule has 4 nitrogen and oxygen atoms in total. The van der Waals surface area contributed by atoms with Gasteiger partial charge in [-0.2, -0.15) is 0 Å². The third-order valence-corrected chi connectivity index (χ3v) is 2.76. The number of ether oxygens (including phenoxy) is 2. The Balaban J connectivity index is 1.88. The Morgan fingerprint density at radius 3 is 2.60 bits per heavy atom. The van der Waals surface area contributed by atoms with Gasteiger partial charge in [0.1, 0.15) is 11.6 Å². The summed E-state index contributed by atoms with van der Waals surface area (Å²) in [5.74, 6) is -1.45. The molecule has 0 aromatic heterocycles. The molecule has 0 N–H and O–H groups in total. The number of hydrogen-bond acceptors (Lipinski definition) is 3. The van der Waals surface area contributed by atoms with Gasteiger partial charge < -0.3 is 14.4 Å². The maximum absolute atomic E-state index is 13.5. The summed E-state index contributed by atoms with van der Waals surface area (Å²) in [7, 11) is 0. The molecule has 0 saturated carbocycles. The Morgan fingerprint density at radius 2 is 2.05 bits per heavy atom. The van der Waals surface area contributed by atoms with Crippen LogP contribution in [0.5, 0.6) is 5.75 Å². The van der Waals surface area contributed by atoms with Crippen molar-refractivity contribution in [1.82, 2.24) is 4.90 Å². The minimum absolute atomic E-state index is 0.0739. The highest BCUT2D eigenvalue weighted by atomic mass is 19.4.